The number of aromatic nitrogens is 3. The lowest BCUT2D eigenvalue weighted by molar-refractivity contribution is -0.137. The fourth-order valence-electron chi connectivity index (χ4n) is 4.82. The van der Waals surface area contributed by atoms with Crippen LogP contribution in [0.5, 0.6) is 0 Å². The number of benzene rings is 2. The molecule has 1 aromatic heterocycles. The number of halogens is 5. The fourth-order valence-corrected chi connectivity index (χ4v) is 6.37. The van der Waals surface area contributed by atoms with E-state index >= 15 is 0 Å². The molecule has 2 unspecified atom stereocenters. The molecule has 1 fully saturated rings. The summed E-state index contributed by atoms with van der Waals surface area (Å²) in [5, 5.41) is 15.6. The van der Waals surface area contributed by atoms with Crippen LogP contribution in [0.3, 0.4) is 0 Å². The Morgan fingerprint density at radius 1 is 1.05 bits per heavy atom. The fraction of sp³-hybridized carbons (Fsp3) is 0.379. The molecule has 1 heterocycles. The summed E-state index contributed by atoms with van der Waals surface area (Å²) in [5.41, 5.74) is -1.58. The molecule has 10 heteroatoms. The third kappa shape index (κ3) is 7.57. The van der Waals surface area contributed by atoms with E-state index in [-0.39, 0.29) is 17.4 Å². The Bertz CT molecular complexity index is 1270. The molecule has 0 saturated heterocycles. The number of hydrogen-bond acceptors (Lipinski definition) is 4. The van der Waals surface area contributed by atoms with Crippen molar-refractivity contribution in [1.29, 1.82) is 0 Å². The smallest absolute Gasteiger partial charge is 0.382 e. The number of hydrogen-bond donors (Lipinski definition) is 1. The van der Waals surface area contributed by atoms with Gasteiger partial charge < -0.3 is 5.11 Å². The highest BCUT2D eigenvalue weighted by atomic mass is 32.2. The lowest BCUT2D eigenvalue weighted by atomic mass is 9.88. The zero-order valence-electron chi connectivity index (χ0n) is 21.4. The Morgan fingerprint density at radius 2 is 1.77 bits per heavy atom. The van der Waals surface area contributed by atoms with E-state index in [0.717, 1.165) is 49.9 Å². The van der Waals surface area contributed by atoms with Crippen LogP contribution in [0.2, 0.25) is 0 Å². The number of aliphatic hydroxyl groups is 1. The van der Waals surface area contributed by atoms with Gasteiger partial charge in [0.25, 0.3) is 0 Å². The van der Waals surface area contributed by atoms with Gasteiger partial charge in [-0.15, -0.1) is 0 Å². The van der Waals surface area contributed by atoms with Crippen molar-refractivity contribution < 1.29 is 27.1 Å². The minimum absolute atomic E-state index is 0.0208. The van der Waals surface area contributed by atoms with Gasteiger partial charge in [0.2, 0.25) is 0 Å². The molecule has 3 aromatic rings. The van der Waals surface area contributed by atoms with Gasteiger partial charge >= 0.3 is 6.18 Å². The molecule has 1 N–H and O–H groups in total. The average molecular weight is 564 g/mol. The number of nitrogens with zero attached hydrogens (tertiary/aromatic N) is 3. The molecule has 2 aromatic carbocycles. The maximum atomic E-state index is 14.8. The zero-order chi connectivity index (χ0) is 28.0. The summed E-state index contributed by atoms with van der Waals surface area (Å²) < 4.78 is 67.9. The van der Waals surface area contributed by atoms with Gasteiger partial charge in [-0.25, -0.2) is 18.4 Å². The summed E-state index contributed by atoms with van der Waals surface area (Å²) in [6.07, 6.45) is 9.80. The molecular formula is C29H30F5N3OS. The highest BCUT2D eigenvalue weighted by Gasteiger charge is 2.41. The maximum Gasteiger partial charge on any atom is 0.416 e. The number of thioether (sulfide) groups is 1. The van der Waals surface area contributed by atoms with Crippen molar-refractivity contribution >= 4 is 17.8 Å². The second-order valence-corrected chi connectivity index (χ2v) is 11.5. The molecule has 0 radical (unpaired) electrons. The lowest BCUT2D eigenvalue weighted by Crippen LogP contribution is -2.42. The van der Waals surface area contributed by atoms with Crippen LogP contribution < -0.4 is 0 Å². The van der Waals surface area contributed by atoms with E-state index in [1.54, 1.807) is 17.8 Å². The molecule has 4 rings (SSSR count). The SMILES string of the molecule is CC(SC1CCC(/C=C/C=C/c2ccc(C(F)(F)F)cc2)CC1)C(O)(Cn1cncn1)c1ccc(F)cc1F. The Hall–Kier alpha value is -2.98. The standard InChI is InChI=1S/C29H30F5N3OS/c1-20(28(38,17-37-19-35-18-36-37)26-15-12-24(30)16-27(26)31)39-25-13-8-22(9-14-25)5-3-2-4-21-6-10-23(11-7-21)29(32,33)34/h2-7,10-12,15-16,18-20,22,25,38H,8-9,13-14,17H2,1H3/b4-2+,5-3+. The Labute approximate surface area is 228 Å². The van der Waals surface area contributed by atoms with Crippen LogP contribution in [0.1, 0.15) is 49.3 Å². The van der Waals surface area contributed by atoms with Crippen LogP contribution in [-0.4, -0.2) is 30.4 Å². The van der Waals surface area contributed by atoms with Crippen LogP contribution >= 0.6 is 11.8 Å². The number of alkyl halides is 3. The summed E-state index contributed by atoms with van der Waals surface area (Å²) in [4.78, 5) is 3.91. The third-order valence-corrected chi connectivity index (χ3v) is 8.73. The molecule has 1 aliphatic rings. The normalized spacial score (nSPS) is 20.9. The first-order chi connectivity index (χ1) is 18.5. The number of allylic oxidation sites excluding steroid dienone is 3. The minimum Gasteiger partial charge on any atom is -0.382 e. The zero-order valence-corrected chi connectivity index (χ0v) is 22.2. The lowest BCUT2D eigenvalue weighted by Gasteiger charge is -2.37. The molecule has 0 bridgehead atoms. The molecule has 0 amide bonds. The van der Waals surface area contributed by atoms with Crippen molar-refractivity contribution in [3.05, 3.63) is 102 Å². The molecule has 1 aliphatic carbocycles. The highest BCUT2D eigenvalue weighted by Crippen LogP contribution is 2.42. The molecular weight excluding hydrogens is 533 g/mol. The van der Waals surface area contributed by atoms with Crippen LogP contribution in [0.4, 0.5) is 22.0 Å². The van der Waals surface area contributed by atoms with Crippen molar-refractivity contribution in [1.82, 2.24) is 14.8 Å². The van der Waals surface area contributed by atoms with Gasteiger partial charge in [-0.05, 0) is 55.4 Å². The molecule has 0 aliphatic heterocycles. The summed E-state index contributed by atoms with van der Waals surface area (Å²) in [7, 11) is 0. The van der Waals surface area contributed by atoms with E-state index in [1.165, 1.54) is 35.5 Å². The first-order valence-electron chi connectivity index (χ1n) is 12.7. The predicted octanol–water partition coefficient (Wildman–Crippen LogP) is 7.41. The largest absolute Gasteiger partial charge is 0.416 e. The van der Waals surface area contributed by atoms with E-state index < -0.39 is 34.2 Å². The van der Waals surface area contributed by atoms with E-state index in [1.807, 2.05) is 19.1 Å². The van der Waals surface area contributed by atoms with Gasteiger partial charge in [0.1, 0.15) is 29.9 Å². The molecule has 1 saturated carbocycles. The van der Waals surface area contributed by atoms with Gasteiger partial charge in [-0.2, -0.15) is 30.0 Å². The van der Waals surface area contributed by atoms with E-state index in [4.69, 9.17) is 0 Å². The second-order valence-electron chi connectivity index (χ2n) is 9.82. The van der Waals surface area contributed by atoms with Crippen molar-refractivity contribution in [3.63, 3.8) is 0 Å². The highest BCUT2D eigenvalue weighted by molar-refractivity contribution is 8.00. The summed E-state index contributed by atoms with van der Waals surface area (Å²) in [6.45, 7) is 1.83. The average Bonchev–Trinajstić information content (AvgIpc) is 3.40. The Morgan fingerprint density at radius 3 is 2.38 bits per heavy atom. The van der Waals surface area contributed by atoms with Crippen molar-refractivity contribution in [3.8, 4) is 0 Å². The summed E-state index contributed by atoms with van der Waals surface area (Å²) in [5.74, 6) is -1.14. The third-order valence-electron chi connectivity index (χ3n) is 7.08. The monoisotopic (exact) mass is 563 g/mol. The summed E-state index contributed by atoms with van der Waals surface area (Å²) >= 11 is 1.60. The Kier molecular flexibility index (Phi) is 9.27. The van der Waals surface area contributed by atoms with Gasteiger partial charge in [0.05, 0.1) is 12.1 Å². The van der Waals surface area contributed by atoms with Crippen molar-refractivity contribution in [2.45, 2.75) is 61.4 Å². The molecule has 208 valence electrons. The van der Waals surface area contributed by atoms with Crippen LogP contribution in [0, 0.1) is 17.6 Å². The van der Waals surface area contributed by atoms with Gasteiger partial charge in [0, 0.05) is 22.1 Å². The minimum atomic E-state index is -4.34. The molecule has 2 atom stereocenters. The van der Waals surface area contributed by atoms with E-state index in [9.17, 15) is 27.1 Å². The topological polar surface area (TPSA) is 50.9 Å². The maximum absolute atomic E-state index is 14.8. The quantitative estimate of drug-likeness (QED) is 0.218. The van der Waals surface area contributed by atoms with Crippen molar-refractivity contribution in [2.75, 3.05) is 0 Å². The second kappa shape index (κ2) is 12.5. The summed E-state index contributed by atoms with van der Waals surface area (Å²) in [6, 6.07) is 8.24. The van der Waals surface area contributed by atoms with E-state index in [0.29, 0.717) is 11.5 Å². The predicted molar refractivity (Wildman–Crippen MR) is 143 cm³/mol. The Balaban J connectivity index is 1.33. The van der Waals surface area contributed by atoms with Crippen molar-refractivity contribution in [2.24, 2.45) is 5.92 Å². The van der Waals surface area contributed by atoms with Crippen LogP contribution in [-0.2, 0) is 18.3 Å². The van der Waals surface area contributed by atoms with Gasteiger partial charge in [-0.1, -0.05) is 49.4 Å². The molecule has 0 spiro atoms. The molecule has 4 nitrogen and oxygen atoms in total. The molecule has 39 heavy (non-hydrogen) atoms. The number of rotatable bonds is 9. The van der Waals surface area contributed by atoms with Crippen LogP contribution in [0.25, 0.3) is 6.08 Å². The van der Waals surface area contributed by atoms with Gasteiger partial charge in [0.15, 0.2) is 0 Å². The first kappa shape index (κ1) is 29.0. The van der Waals surface area contributed by atoms with Gasteiger partial charge in [-0.3, -0.25) is 0 Å². The first-order valence-corrected chi connectivity index (χ1v) is 13.7. The van der Waals surface area contributed by atoms with Crippen LogP contribution in [0.15, 0.2) is 73.3 Å². The van der Waals surface area contributed by atoms with E-state index in [2.05, 4.69) is 16.2 Å².